The van der Waals surface area contributed by atoms with Crippen molar-refractivity contribution in [1.82, 2.24) is 0 Å². The highest BCUT2D eigenvalue weighted by Crippen LogP contribution is 2.23. The molecule has 0 amide bonds. The van der Waals surface area contributed by atoms with Crippen LogP contribution in [-0.2, 0) is 11.2 Å². The summed E-state index contributed by atoms with van der Waals surface area (Å²) in [4.78, 5) is 10.4. The van der Waals surface area contributed by atoms with Crippen molar-refractivity contribution in [3.8, 4) is 17.2 Å². The number of ether oxygens (including phenoxy) is 1. The largest absolute Gasteiger partial charge is 0.508 e. The van der Waals surface area contributed by atoms with E-state index in [1.807, 2.05) is 24.3 Å². The number of rotatable bonds is 6. The number of aliphatic carboxylic acids is 1. The van der Waals surface area contributed by atoms with Crippen LogP contribution in [0.2, 0.25) is 0 Å². The van der Waals surface area contributed by atoms with E-state index in [0.29, 0.717) is 17.9 Å². The lowest BCUT2D eigenvalue weighted by Gasteiger charge is -2.06. The van der Waals surface area contributed by atoms with Gasteiger partial charge in [-0.1, -0.05) is 12.1 Å². The minimum atomic E-state index is -0.766. The molecule has 2 aromatic carbocycles. The molecule has 4 heteroatoms. The van der Waals surface area contributed by atoms with Gasteiger partial charge in [-0.3, -0.25) is 4.79 Å². The van der Waals surface area contributed by atoms with E-state index >= 15 is 0 Å². The van der Waals surface area contributed by atoms with Crippen LogP contribution in [0.4, 0.5) is 0 Å². The predicted octanol–water partition coefficient (Wildman–Crippen LogP) is 3.59. The fourth-order valence-electron chi connectivity index (χ4n) is 1.82. The molecular weight excluding hydrogens is 256 g/mol. The average Bonchev–Trinajstić information content (AvgIpc) is 2.43. The third-order valence-electron chi connectivity index (χ3n) is 2.85. The van der Waals surface area contributed by atoms with E-state index in [9.17, 15) is 9.90 Å². The molecule has 0 spiro atoms. The molecule has 0 atom stereocenters. The van der Waals surface area contributed by atoms with Gasteiger partial charge in [0.15, 0.2) is 0 Å². The minimum Gasteiger partial charge on any atom is -0.508 e. The van der Waals surface area contributed by atoms with E-state index < -0.39 is 5.97 Å². The molecule has 0 saturated carbocycles. The lowest BCUT2D eigenvalue weighted by Crippen LogP contribution is -1.95. The van der Waals surface area contributed by atoms with Crippen LogP contribution in [0.5, 0.6) is 17.2 Å². The Labute approximate surface area is 117 Å². The standard InChI is InChI=1S/C16H16O4/c17-13-6-10-15(11-7-13)20-14-8-4-12(5-9-14)2-1-3-16(18)19/h4-11,17H,1-3H2,(H,18,19). The number of carboxylic acid groups (broad SMARTS) is 1. The van der Waals surface area contributed by atoms with Crippen molar-refractivity contribution in [2.75, 3.05) is 0 Å². The van der Waals surface area contributed by atoms with Gasteiger partial charge < -0.3 is 14.9 Å². The molecule has 0 aliphatic rings. The summed E-state index contributed by atoms with van der Waals surface area (Å²) in [5.41, 5.74) is 1.09. The fraction of sp³-hybridized carbons (Fsp3) is 0.188. The highest BCUT2D eigenvalue weighted by atomic mass is 16.5. The number of hydrogen-bond acceptors (Lipinski definition) is 3. The topological polar surface area (TPSA) is 66.8 Å². The predicted molar refractivity (Wildman–Crippen MR) is 75.2 cm³/mol. The van der Waals surface area contributed by atoms with Crippen LogP contribution in [0.3, 0.4) is 0 Å². The molecule has 0 fully saturated rings. The van der Waals surface area contributed by atoms with Gasteiger partial charge in [-0.05, 0) is 54.8 Å². The maximum atomic E-state index is 10.4. The van der Waals surface area contributed by atoms with Crippen molar-refractivity contribution in [3.63, 3.8) is 0 Å². The molecular formula is C16H16O4. The smallest absolute Gasteiger partial charge is 0.303 e. The first-order valence-corrected chi connectivity index (χ1v) is 6.41. The summed E-state index contributed by atoms with van der Waals surface area (Å²) in [6.45, 7) is 0. The van der Waals surface area contributed by atoms with E-state index in [1.54, 1.807) is 24.3 Å². The SMILES string of the molecule is O=C(O)CCCc1ccc(Oc2ccc(O)cc2)cc1. The maximum absolute atomic E-state index is 10.4. The summed E-state index contributed by atoms with van der Waals surface area (Å²) in [5, 5.41) is 17.8. The van der Waals surface area contributed by atoms with Crippen LogP contribution in [-0.4, -0.2) is 16.2 Å². The molecule has 104 valence electrons. The minimum absolute atomic E-state index is 0.186. The van der Waals surface area contributed by atoms with Crippen LogP contribution in [0.25, 0.3) is 0 Å². The zero-order chi connectivity index (χ0) is 14.4. The number of carboxylic acids is 1. The summed E-state index contributed by atoms with van der Waals surface area (Å²) < 4.78 is 5.63. The van der Waals surface area contributed by atoms with Gasteiger partial charge in [-0.15, -0.1) is 0 Å². The second-order valence-electron chi connectivity index (χ2n) is 4.49. The Balaban J connectivity index is 1.91. The fourth-order valence-corrected chi connectivity index (χ4v) is 1.82. The van der Waals surface area contributed by atoms with Crippen molar-refractivity contribution in [1.29, 1.82) is 0 Å². The molecule has 0 saturated heterocycles. The van der Waals surface area contributed by atoms with E-state index in [0.717, 1.165) is 12.0 Å². The summed E-state index contributed by atoms with van der Waals surface area (Å²) in [5.74, 6) is 0.794. The van der Waals surface area contributed by atoms with Gasteiger partial charge >= 0.3 is 5.97 Å². The van der Waals surface area contributed by atoms with E-state index in [2.05, 4.69) is 0 Å². The molecule has 2 N–H and O–H groups in total. The van der Waals surface area contributed by atoms with Gasteiger partial charge in [0, 0.05) is 6.42 Å². The molecule has 0 radical (unpaired) electrons. The maximum Gasteiger partial charge on any atom is 0.303 e. The molecule has 0 aliphatic carbocycles. The van der Waals surface area contributed by atoms with Gasteiger partial charge in [0.1, 0.15) is 17.2 Å². The number of phenolic OH excluding ortho intramolecular Hbond substituents is 1. The Morgan fingerprint density at radius 1 is 0.950 bits per heavy atom. The highest BCUT2D eigenvalue weighted by molar-refractivity contribution is 5.66. The summed E-state index contributed by atoms with van der Waals surface area (Å²) in [6.07, 6.45) is 1.56. The zero-order valence-electron chi connectivity index (χ0n) is 11.0. The molecule has 0 aliphatic heterocycles. The number of hydrogen-bond donors (Lipinski definition) is 2. The van der Waals surface area contributed by atoms with Crippen molar-refractivity contribution in [2.45, 2.75) is 19.3 Å². The Morgan fingerprint density at radius 2 is 1.50 bits per heavy atom. The first-order chi connectivity index (χ1) is 9.63. The van der Waals surface area contributed by atoms with Crippen LogP contribution in [0, 0.1) is 0 Å². The summed E-state index contributed by atoms with van der Waals surface area (Å²) in [7, 11) is 0. The second-order valence-corrected chi connectivity index (χ2v) is 4.49. The van der Waals surface area contributed by atoms with Crippen LogP contribution in [0.15, 0.2) is 48.5 Å². The lowest BCUT2D eigenvalue weighted by molar-refractivity contribution is -0.137. The van der Waals surface area contributed by atoms with Crippen LogP contribution in [0.1, 0.15) is 18.4 Å². The van der Waals surface area contributed by atoms with E-state index in [1.165, 1.54) is 0 Å². The Hall–Kier alpha value is -2.49. The van der Waals surface area contributed by atoms with Crippen LogP contribution < -0.4 is 4.74 Å². The highest BCUT2D eigenvalue weighted by Gasteiger charge is 2.00. The quantitative estimate of drug-likeness (QED) is 0.843. The number of aromatic hydroxyl groups is 1. The van der Waals surface area contributed by atoms with Crippen molar-refractivity contribution in [2.24, 2.45) is 0 Å². The van der Waals surface area contributed by atoms with Crippen molar-refractivity contribution < 1.29 is 19.7 Å². The third-order valence-corrected chi connectivity index (χ3v) is 2.85. The zero-order valence-corrected chi connectivity index (χ0v) is 11.0. The Morgan fingerprint density at radius 3 is 2.05 bits per heavy atom. The van der Waals surface area contributed by atoms with Gasteiger partial charge in [0.25, 0.3) is 0 Å². The van der Waals surface area contributed by atoms with Crippen molar-refractivity contribution >= 4 is 5.97 Å². The number of phenols is 1. The first-order valence-electron chi connectivity index (χ1n) is 6.41. The van der Waals surface area contributed by atoms with E-state index in [4.69, 9.17) is 9.84 Å². The second kappa shape index (κ2) is 6.61. The van der Waals surface area contributed by atoms with Gasteiger partial charge in [-0.25, -0.2) is 0 Å². The van der Waals surface area contributed by atoms with Gasteiger partial charge in [-0.2, -0.15) is 0 Å². The molecule has 0 heterocycles. The summed E-state index contributed by atoms with van der Waals surface area (Å²) >= 11 is 0. The molecule has 4 nitrogen and oxygen atoms in total. The van der Waals surface area contributed by atoms with Crippen molar-refractivity contribution in [3.05, 3.63) is 54.1 Å². The molecule has 2 aromatic rings. The molecule has 0 unspecified atom stereocenters. The Kier molecular flexibility index (Phi) is 4.60. The van der Waals surface area contributed by atoms with Gasteiger partial charge in [0.05, 0.1) is 0 Å². The number of benzene rings is 2. The average molecular weight is 272 g/mol. The lowest BCUT2D eigenvalue weighted by atomic mass is 10.1. The Bertz CT molecular complexity index is 558. The van der Waals surface area contributed by atoms with Gasteiger partial charge in [0.2, 0.25) is 0 Å². The molecule has 0 bridgehead atoms. The van der Waals surface area contributed by atoms with E-state index in [-0.39, 0.29) is 12.2 Å². The molecule has 0 aromatic heterocycles. The first kappa shape index (κ1) is 13.9. The monoisotopic (exact) mass is 272 g/mol. The summed E-state index contributed by atoms with van der Waals surface area (Å²) in [6, 6.07) is 14.1. The molecule has 20 heavy (non-hydrogen) atoms. The number of aryl methyl sites for hydroxylation is 1. The molecule has 2 rings (SSSR count). The van der Waals surface area contributed by atoms with Crippen LogP contribution >= 0.6 is 0 Å². The number of carbonyl (C=O) groups is 1. The third kappa shape index (κ3) is 4.31. The normalized spacial score (nSPS) is 10.2.